The van der Waals surface area contributed by atoms with Crippen LogP contribution < -0.4 is 9.47 Å². The maximum absolute atomic E-state index is 12.2. The third-order valence-corrected chi connectivity index (χ3v) is 10.1. The Labute approximate surface area is 294 Å². The van der Waals surface area contributed by atoms with Gasteiger partial charge < -0.3 is 28.4 Å². The normalized spacial score (nSPS) is 23.5. The van der Waals surface area contributed by atoms with Crippen molar-refractivity contribution in [3.63, 3.8) is 0 Å². The molecule has 3 fully saturated rings. The molecule has 9 heteroatoms. The van der Waals surface area contributed by atoms with Gasteiger partial charge >= 0.3 is 11.9 Å². The highest BCUT2D eigenvalue weighted by Gasteiger charge is 2.72. The minimum atomic E-state index is -0.974. The minimum Gasteiger partial charge on any atom is -0.490 e. The van der Waals surface area contributed by atoms with Gasteiger partial charge in [0.25, 0.3) is 0 Å². The van der Waals surface area contributed by atoms with E-state index in [0.717, 1.165) is 35.5 Å². The Morgan fingerprint density at radius 3 is 2.16 bits per heavy atom. The zero-order chi connectivity index (χ0) is 34.4. The van der Waals surface area contributed by atoms with E-state index >= 15 is 0 Å². The smallest absolute Gasteiger partial charge is 0.327 e. The second-order valence-electron chi connectivity index (χ2n) is 13.7. The number of carbonyl (C=O) groups is 2. The fourth-order valence-electron chi connectivity index (χ4n) is 6.79. The minimum absolute atomic E-state index is 0. The number of aryl methyl sites for hydroxylation is 1. The van der Waals surface area contributed by atoms with Gasteiger partial charge in [0.2, 0.25) is 0 Å². The first-order valence-electron chi connectivity index (χ1n) is 16.7. The number of fused-ring (bicyclic) bond motifs is 1. The van der Waals surface area contributed by atoms with E-state index in [2.05, 4.69) is 51.1 Å². The van der Waals surface area contributed by atoms with Crippen molar-refractivity contribution in [1.82, 2.24) is 0 Å². The topological polar surface area (TPSA) is 113 Å². The lowest BCUT2D eigenvalue weighted by atomic mass is 9.74. The van der Waals surface area contributed by atoms with Gasteiger partial charge in [0.1, 0.15) is 36.9 Å². The molecule has 272 valence electrons. The van der Waals surface area contributed by atoms with Crippen LogP contribution >= 0.6 is 0 Å². The number of rotatable bonds is 14. The Balaban J connectivity index is 0.000000339. The van der Waals surface area contributed by atoms with Crippen LogP contribution in [-0.2, 0) is 41.8 Å². The first-order chi connectivity index (χ1) is 22.4. The fraction of sp³-hybridized carbons (Fsp3) is 0.625. The molecule has 1 aliphatic heterocycles. The van der Waals surface area contributed by atoms with Crippen LogP contribution in [0.4, 0.5) is 0 Å². The zero-order valence-corrected chi connectivity index (χ0v) is 29.2. The van der Waals surface area contributed by atoms with Crippen molar-refractivity contribution in [3.8, 4) is 17.6 Å². The van der Waals surface area contributed by atoms with Crippen LogP contribution in [0.5, 0.6) is 11.5 Å². The maximum Gasteiger partial charge on any atom is 0.327 e. The molecule has 5 rings (SSSR count). The monoisotopic (exact) mass is 681 g/mol. The second kappa shape index (κ2) is 17.9. The molecule has 6 unspecified atom stereocenters. The van der Waals surface area contributed by atoms with Crippen LogP contribution in [0.25, 0.3) is 0 Å². The number of hydrogen-bond acceptors (Lipinski definition) is 9. The lowest BCUT2D eigenvalue weighted by Gasteiger charge is -2.30. The van der Waals surface area contributed by atoms with Gasteiger partial charge in [0.05, 0.1) is 24.7 Å². The van der Waals surface area contributed by atoms with Crippen molar-refractivity contribution in [2.75, 3.05) is 27.4 Å². The molecule has 0 N–H and O–H groups in total. The molecule has 1 saturated heterocycles. The molecule has 0 amide bonds. The van der Waals surface area contributed by atoms with E-state index in [9.17, 15) is 14.9 Å². The Morgan fingerprint density at radius 2 is 1.63 bits per heavy atom. The van der Waals surface area contributed by atoms with E-state index in [1.807, 2.05) is 32.9 Å². The lowest BCUT2D eigenvalue weighted by molar-refractivity contribution is -0.170. The van der Waals surface area contributed by atoms with Gasteiger partial charge in [-0.3, -0.25) is 9.59 Å². The number of esters is 2. The van der Waals surface area contributed by atoms with Crippen molar-refractivity contribution < 1.29 is 38.0 Å². The molecule has 49 heavy (non-hydrogen) atoms. The summed E-state index contributed by atoms with van der Waals surface area (Å²) < 4.78 is 33.5. The largest absolute Gasteiger partial charge is 0.490 e. The third-order valence-electron chi connectivity index (χ3n) is 10.1. The van der Waals surface area contributed by atoms with E-state index in [1.165, 1.54) is 11.1 Å². The van der Waals surface area contributed by atoms with Crippen LogP contribution in [0, 0.1) is 40.9 Å². The number of carbonyl (C=O) groups excluding carboxylic acids is 2. The lowest BCUT2D eigenvalue weighted by Crippen LogP contribution is -2.42. The van der Waals surface area contributed by atoms with Crippen molar-refractivity contribution in [2.45, 2.75) is 113 Å². The molecule has 2 aromatic rings. The van der Waals surface area contributed by atoms with Crippen LogP contribution in [0.3, 0.4) is 0 Å². The Morgan fingerprint density at radius 1 is 1.04 bits per heavy atom. The summed E-state index contributed by atoms with van der Waals surface area (Å²) in [5.41, 5.74) is 3.06. The molecule has 0 spiro atoms. The summed E-state index contributed by atoms with van der Waals surface area (Å²) >= 11 is 0. The third kappa shape index (κ3) is 8.95. The van der Waals surface area contributed by atoms with Gasteiger partial charge in [-0.05, 0) is 70.1 Å². The van der Waals surface area contributed by atoms with Crippen molar-refractivity contribution in [2.24, 2.45) is 22.7 Å². The highest BCUT2D eigenvalue weighted by Crippen LogP contribution is 2.62. The first kappa shape index (κ1) is 41.6. The molecule has 2 aliphatic carbocycles. The number of nitrogens with zero attached hydrogens (tertiary/aromatic N) is 1. The molecule has 0 aromatic heterocycles. The Hall–Kier alpha value is -3.61. The molecular formula is C40H59NO8. The van der Waals surface area contributed by atoms with E-state index in [-0.39, 0.29) is 38.8 Å². The number of ether oxygens (including phenoxy) is 6. The average Bonchev–Trinajstić information content (AvgIpc) is 3.66. The summed E-state index contributed by atoms with van der Waals surface area (Å²) in [7, 11) is 3.38. The standard InChI is InChI=1S/C23H32O4.C15H19NO4.2CH4/c1-6-18(3)19-7-9-22(10-8-19)26-11-12-27-23-20(15-24-4)13-17(2)14-21(23)16-25-5;1-4-14(2,3)12(17)19-10-8-5-9-11(10)20-13(18)15(9,6-8)7-16;;/h7-10,13-14,18H,6,11-12,15-16H2,1-5H3;8-11H,4-6H2,1-3H3;2*1H4. The van der Waals surface area contributed by atoms with Crippen LogP contribution in [-0.4, -0.2) is 51.6 Å². The van der Waals surface area contributed by atoms with E-state index in [4.69, 9.17) is 28.4 Å². The Bertz CT molecular complexity index is 1400. The summed E-state index contributed by atoms with van der Waals surface area (Å²) in [5, 5.41) is 9.31. The van der Waals surface area contributed by atoms with E-state index < -0.39 is 22.9 Å². The SMILES string of the molecule is C.C.CCC(C)(C)C(=O)OC1C2CC3C1OC(=O)C3(C#N)C2.CCC(C)c1ccc(OCCOc2c(COC)cc(C)cc2COC)cc1. The van der Waals surface area contributed by atoms with E-state index in [0.29, 0.717) is 45.2 Å². The number of methoxy groups -OCH3 is 2. The predicted molar refractivity (Wildman–Crippen MR) is 190 cm³/mol. The molecule has 0 radical (unpaired) electrons. The van der Waals surface area contributed by atoms with Crippen LogP contribution in [0.2, 0.25) is 0 Å². The van der Waals surface area contributed by atoms with Crippen molar-refractivity contribution in [3.05, 3.63) is 58.7 Å². The zero-order valence-electron chi connectivity index (χ0n) is 29.2. The van der Waals surface area contributed by atoms with Crippen molar-refractivity contribution in [1.29, 1.82) is 5.26 Å². The summed E-state index contributed by atoms with van der Waals surface area (Å²) in [6.45, 7) is 14.1. The number of hydrogen-bond donors (Lipinski definition) is 0. The molecule has 2 bridgehead atoms. The molecule has 2 aromatic carbocycles. The van der Waals surface area contributed by atoms with Gasteiger partial charge in [-0.15, -0.1) is 0 Å². The predicted octanol–water partition coefficient (Wildman–Crippen LogP) is 8.34. The van der Waals surface area contributed by atoms with Gasteiger partial charge in [0.15, 0.2) is 5.41 Å². The molecular weight excluding hydrogens is 622 g/mol. The van der Waals surface area contributed by atoms with Crippen LogP contribution in [0.1, 0.15) is 103 Å². The highest BCUT2D eigenvalue weighted by atomic mass is 16.6. The second-order valence-corrected chi connectivity index (χ2v) is 13.7. The number of nitriles is 1. The van der Waals surface area contributed by atoms with Gasteiger partial charge in [0, 0.05) is 37.2 Å². The molecule has 2 saturated carbocycles. The summed E-state index contributed by atoms with van der Waals surface area (Å²) in [4.78, 5) is 24.2. The van der Waals surface area contributed by atoms with Crippen molar-refractivity contribution >= 4 is 11.9 Å². The first-order valence-corrected chi connectivity index (χ1v) is 16.7. The highest BCUT2D eigenvalue weighted by molar-refractivity contribution is 5.84. The molecule has 1 heterocycles. The quantitative estimate of drug-likeness (QED) is 0.143. The summed E-state index contributed by atoms with van der Waals surface area (Å²) in [6, 6.07) is 14.7. The molecule has 9 nitrogen and oxygen atoms in total. The summed E-state index contributed by atoms with van der Waals surface area (Å²) in [6.07, 6.45) is 2.25. The Kier molecular flexibility index (Phi) is 15.2. The fourth-order valence-corrected chi connectivity index (χ4v) is 6.79. The van der Waals surface area contributed by atoms with Gasteiger partial charge in [-0.1, -0.05) is 65.5 Å². The molecule has 3 aliphatic rings. The number of benzene rings is 2. The summed E-state index contributed by atoms with van der Waals surface area (Å²) in [5.74, 6) is 1.57. The van der Waals surface area contributed by atoms with Gasteiger partial charge in [-0.2, -0.15) is 5.26 Å². The van der Waals surface area contributed by atoms with Gasteiger partial charge in [-0.25, -0.2) is 0 Å². The molecule has 6 atom stereocenters. The van der Waals surface area contributed by atoms with Crippen LogP contribution in [0.15, 0.2) is 36.4 Å². The maximum atomic E-state index is 12.2. The average molecular weight is 682 g/mol. The van der Waals surface area contributed by atoms with E-state index in [1.54, 1.807) is 14.2 Å².